The van der Waals surface area contributed by atoms with Crippen molar-refractivity contribution in [2.45, 2.75) is 25.4 Å². The van der Waals surface area contributed by atoms with Crippen molar-refractivity contribution in [3.05, 3.63) is 0 Å². The lowest BCUT2D eigenvalue weighted by atomic mass is 10.1. The van der Waals surface area contributed by atoms with E-state index in [1.54, 1.807) is 0 Å². The van der Waals surface area contributed by atoms with Crippen molar-refractivity contribution in [1.82, 2.24) is 9.80 Å². The Bertz CT molecular complexity index is 334. The number of carbonyl (C=O) groups is 1. The van der Waals surface area contributed by atoms with Gasteiger partial charge >= 0.3 is 0 Å². The van der Waals surface area contributed by atoms with Crippen molar-refractivity contribution < 1.29 is 14.7 Å². The summed E-state index contributed by atoms with van der Waals surface area (Å²) < 4.78 is 5.48. The third kappa shape index (κ3) is 4.07. The number of amidine groups is 1. The summed E-state index contributed by atoms with van der Waals surface area (Å²) >= 11 is 0. The van der Waals surface area contributed by atoms with Crippen LogP contribution in [0.1, 0.15) is 19.3 Å². The van der Waals surface area contributed by atoms with Crippen LogP contribution in [0.5, 0.6) is 0 Å². The van der Waals surface area contributed by atoms with Gasteiger partial charge in [-0.3, -0.25) is 9.69 Å². The number of ether oxygens (including phenoxy) is 1. The van der Waals surface area contributed by atoms with Gasteiger partial charge in [-0.15, -0.1) is 0 Å². The minimum Gasteiger partial charge on any atom is -0.409 e. The van der Waals surface area contributed by atoms with E-state index < -0.39 is 0 Å². The highest BCUT2D eigenvalue weighted by molar-refractivity contribution is 5.81. The molecule has 2 aliphatic rings. The number of nitrogens with zero attached hydrogens (tertiary/aromatic N) is 3. The number of hydrogen-bond donors (Lipinski definition) is 2. The highest BCUT2D eigenvalue weighted by atomic mass is 16.5. The van der Waals surface area contributed by atoms with E-state index in [2.05, 4.69) is 10.1 Å². The van der Waals surface area contributed by atoms with E-state index in [9.17, 15) is 4.79 Å². The van der Waals surface area contributed by atoms with E-state index >= 15 is 0 Å². The molecule has 7 heteroatoms. The molecule has 1 atom stereocenters. The lowest BCUT2D eigenvalue weighted by molar-refractivity contribution is -0.135. The first-order valence-corrected chi connectivity index (χ1v) is 6.77. The first kappa shape index (κ1) is 14.1. The molecule has 1 amide bonds. The Morgan fingerprint density at radius 3 is 2.68 bits per heavy atom. The number of piperazine rings is 1. The topological polar surface area (TPSA) is 91.4 Å². The van der Waals surface area contributed by atoms with Gasteiger partial charge in [-0.25, -0.2) is 0 Å². The molecule has 108 valence electrons. The van der Waals surface area contributed by atoms with Gasteiger partial charge in [0.25, 0.3) is 0 Å². The Hall–Kier alpha value is -1.34. The Morgan fingerprint density at radius 1 is 1.37 bits per heavy atom. The molecule has 0 radical (unpaired) electrons. The highest BCUT2D eigenvalue weighted by Crippen LogP contribution is 2.17. The van der Waals surface area contributed by atoms with Crippen molar-refractivity contribution in [1.29, 1.82) is 0 Å². The molecule has 0 aromatic carbocycles. The SMILES string of the molecule is NC(CN1CCN(C(=O)CC2CCCO2)CC1)=NO. The monoisotopic (exact) mass is 270 g/mol. The molecule has 3 N–H and O–H groups in total. The van der Waals surface area contributed by atoms with Crippen LogP contribution in [0.4, 0.5) is 0 Å². The van der Waals surface area contributed by atoms with Crippen molar-refractivity contribution in [2.75, 3.05) is 39.3 Å². The third-order valence-corrected chi connectivity index (χ3v) is 3.67. The molecule has 0 aromatic rings. The molecular formula is C12H22N4O3. The average molecular weight is 270 g/mol. The van der Waals surface area contributed by atoms with Crippen LogP contribution in [0.3, 0.4) is 0 Å². The number of nitrogens with two attached hydrogens (primary N) is 1. The molecule has 2 fully saturated rings. The summed E-state index contributed by atoms with van der Waals surface area (Å²) in [4.78, 5) is 16.0. The van der Waals surface area contributed by atoms with Gasteiger partial charge < -0.3 is 20.6 Å². The van der Waals surface area contributed by atoms with Crippen molar-refractivity contribution in [3.8, 4) is 0 Å². The van der Waals surface area contributed by atoms with E-state index in [0.29, 0.717) is 26.1 Å². The highest BCUT2D eigenvalue weighted by Gasteiger charge is 2.25. The number of hydrogen-bond acceptors (Lipinski definition) is 5. The summed E-state index contributed by atoms with van der Waals surface area (Å²) in [5.74, 6) is 0.384. The van der Waals surface area contributed by atoms with Crippen LogP contribution in [0.2, 0.25) is 0 Å². The zero-order valence-electron chi connectivity index (χ0n) is 11.1. The largest absolute Gasteiger partial charge is 0.409 e. The molecular weight excluding hydrogens is 248 g/mol. The summed E-state index contributed by atoms with van der Waals surface area (Å²) in [6.07, 6.45) is 2.67. The Morgan fingerprint density at radius 2 is 2.11 bits per heavy atom. The molecule has 1 unspecified atom stereocenters. The molecule has 7 nitrogen and oxygen atoms in total. The summed E-state index contributed by atoms with van der Waals surface area (Å²) in [5, 5.41) is 11.5. The van der Waals surface area contributed by atoms with Gasteiger partial charge in [0.1, 0.15) is 0 Å². The first-order chi connectivity index (χ1) is 9.19. The van der Waals surface area contributed by atoms with Crippen LogP contribution in [0.25, 0.3) is 0 Å². The number of rotatable bonds is 4. The number of amides is 1. The summed E-state index contributed by atoms with van der Waals surface area (Å²) in [6.45, 7) is 4.14. The van der Waals surface area contributed by atoms with Gasteiger partial charge in [0.15, 0.2) is 5.84 Å². The van der Waals surface area contributed by atoms with Crippen molar-refractivity contribution in [3.63, 3.8) is 0 Å². The molecule has 2 saturated heterocycles. The number of oxime groups is 1. The number of carbonyl (C=O) groups excluding carboxylic acids is 1. The molecule has 0 aromatic heterocycles. The van der Waals surface area contributed by atoms with Gasteiger partial charge in [-0.2, -0.15) is 0 Å². The predicted octanol–water partition coefficient (Wildman–Crippen LogP) is -0.554. The minimum absolute atomic E-state index is 0.114. The Kier molecular flexibility index (Phi) is 4.98. The molecule has 2 aliphatic heterocycles. The van der Waals surface area contributed by atoms with Gasteiger partial charge in [0.05, 0.1) is 19.1 Å². The zero-order chi connectivity index (χ0) is 13.7. The van der Waals surface area contributed by atoms with E-state index in [-0.39, 0.29) is 17.8 Å². The maximum Gasteiger partial charge on any atom is 0.225 e. The van der Waals surface area contributed by atoms with Crippen molar-refractivity contribution in [2.24, 2.45) is 10.9 Å². The fourth-order valence-corrected chi connectivity index (χ4v) is 2.55. The van der Waals surface area contributed by atoms with Crippen LogP contribution >= 0.6 is 0 Å². The standard InChI is InChI=1S/C12H22N4O3/c13-11(14-18)9-15-3-5-16(6-4-15)12(17)8-10-2-1-7-19-10/h10,18H,1-9H2,(H2,13,14). The van der Waals surface area contributed by atoms with Gasteiger partial charge in [-0.1, -0.05) is 5.16 Å². The summed E-state index contributed by atoms with van der Waals surface area (Å²) in [7, 11) is 0. The average Bonchev–Trinajstić information content (AvgIpc) is 2.92. The maximum atomic E-state index is 12.1. The second-order valence-corrected chi connectivity index (χ2v) is 5.09. The zero-order valence-corrected chi connectivity index (χ0v) is 11.1. The van der Waals surface area contributed by atoms with Crippen LogP contribution in [-0.4, -0.2) is 72.2 Å². The Balaban J connectivity index is 1.71. The van der Waals surface area contributed by atoms with Crippen molar-refractivity contribution >= 4 is 11.7 Å². The third-order valence-electron chi connectivity index (χ3n) is 3.67. The van der Waals surface area contributed by atoms with Crippen LogP contribution in [0.15, 0.2) is 5.16 Å². The second-order valence-electron chi connectivity index (χ2n) is 5.09. The summed E-state index contributed by atoms with van der Waals surface area (Å²) in [6, 6.07) is 0. The molecule has 0 aliphatic carbocycles. The minimum atomic E-state index is 0.114. The summed E-state index contributed by atoms with van der Waals surface area (Å²) in [5.41, 5.74) is 5.47. The lowest BCUT2D eigenvalue weighted by Gasteiger charge is -2.34. The van der Waals surface area contributed by atoms with Gasteiger partial charge in [0, 0.05) is 32.8 Å². The fraction of sp³-hybridized carbons (Fsp3) is 0.833. The van der Waals surface area contributed by atoms with E-state index in [1.165, 1.54) is 0 Å². The van der Waals surface area contributed by atoms with Gasteiger partial charge in [0.2, 0.25) is 5.91 Å². The predicted molar refractivity (Wildman–Crippen MR) is 70.0 cm³/mol. The van der Waals surface area contributed by atoms with Crippen LogP contribution in [0, 0.1) is 0 Å². The smallest absolute Gasteiger partial charge is 0.225 e. The fourth-order valence-electron chi connectivity index (χ4n) is 2.55. The normalized spacial score (nSPS) is 25.8. The van der Waals surface area contributed by atoms with E-state index in [4.69, 9.17) is 15.7 Å². The van der Waals surface area contributed by atoms with E-state index in [1.807, 2.05) is 4.90 Å². The maximum absolute atomic E-state index is 12.1. The molecule has 19 heavy (non-hydrogen) atoms. The lowest BCUT2D eigenvalue weighted by Crippen LogP contribution is -2.51. The molecule has 0 spiro atoms. The molecule has 2 rings (SSSR count). The Labute approximate surface area is 113 Å². The second kappa shape index (κ2) is 6.72. The molecule has 0 saturated carbocycles. The first-order valence-electron chi connectivity index (χ1n) is 6.77. The van der Waals surface area contributed by atoms with Crippen LogP contribution in [-0.2, 0) is 9.53 Å². The van der Waals surface area contributed by atoms with Gasteiger partial charge in [-0.05, 0) is 12.8 Å². The van der Waals surface area contributed by atoms with E-state index in [0.717, 1.165) is 32.5 Å². The quantitative estimate of drug-likeness (QED) is 0.309. The van der Waals surface area contributed by atoms with Crippen LogP contribution < -0.4 is 5.73 Å². The molecule has 2 heterocycles. The molecule has 0 bridgehead atoms.